The second kappa shape index (κ2) is 12.9. The Morgan fingerprint density at radius 2 is 1.36 bits per heavy atom. The van der Waals surface area contributed by atoms with E-state index in [1.807, 2.05) is 20.8 Å². The number of ether oxygens (including phenoxy) is 4. The van der Waals surface area contributed by atoms with Gasteiger partial charge in [-0.25, -0.2) is 0 Å². The summed E-state index contributed by atoms with van der Waals surface area (Å²) in [6.45, 7) is 14.0. The fourth-order valence-electron chi connectivity index (χ4n) is 2.07. The standard InChI is InChI=1S/C20H37NO7/c1-15(22)14-16(18(24)28-20(5,6)7)21-9-11-26-13-12-25-10-8-17(23)27-19(2,3)4/h16,21H,8-14H2,1-7H3. The highest BCUT2D eigenvalue weighted by Crippen LogP contribution is 2.10. The van der Waals surface area contributed by atoms with Gasteiger partial charge in [-0.1, -0.05) is 0 Å². The predicted octanol–water partition coefficient (Wildman–Crippen LogP) is 2.03. The minimum absolute atomic E-state index is 0.0721. The predicted molar refractivity (Wildman–Crippen MR) is 105 cm³/mol. The Bertz CT molecular complexity index is 492. The fraction of sp³-hybridized carbons (Fsp3) is 0.850. The summed E-state index contributed by atoms with van der Waals surface area (Å²) in [7, 11) is 0. The number of carbonyl (C=O) groups is 3. The van der Waals surface area contributed by atoms with Gasteiger partial charge in [0.05, 0.1) is 32.8 Å². The van der Waals surface area contributed by atoms with Crippen molar-refractivity contribution in [1.29, 1.82) is 0 Å². The molecule has 0 radical (unpaired) electrons. The number of ketones is 1. The van der Waals surface area contributed by atoms with Crippen LogP contribution in [0.25, 0.3) is 0 Å². The van der Waals surface area contributed by atoms with Gasteiger partial charge in [-0.15, -0.1) is 0 Å². The molecule has 0 aromatic rings. The Labute approximate surface area is 168 Å². The van der Waals surface area contributed by atoms with E-state index in [4.69, 9.17) is 18.9 Å². The first-order valence-electron chi connectivity index (χ1n) is 9.63. The number of hydrogen-bond acceptors (Lipinski definition) is 8. The third-order valence-electron chi connectivity index (χ3n) is 3.06. The molecule has 28 heavy (non-hydrogen) atoms. The molecule has 164 valence electrons. The lowest BCUT2D eigenvalue weighted by Crippen LogP contribution is -2.43. The van der Waals surface area contributed by atoms with Crippen LogP contribution in [0.4, 0.5) is 0 Å². The number of hydrogen-bond donors (Lipinski definition) is 1. The molecular formula is C20H37NO7. The van der Waals surface area contributed by atoms with Crippen molar-refractivity contribution in [3.63, 3.8) is 0 Å². The first-order valence-corrected chi connectivity index (χ1v) is 9.63. The maximum absolute atomic E-state index is 12.1. The second-order valence-corrected chi connectivity index (χ2v) is 8.51. The minimum atomic E-state index is -0.689. The summed E-state index contributed by atoms with van der Waals surface area (Å²) in [4.78, 5) is 35.0. The van der Waals surface area contributed by atoms with Gasteiger partial charge in [0.2, 0.25) is 0 Å². The average molecular weight is 404 g/mol. The van der Waals surface area contributed by atoms with Crippen molar-refractivity contribution in [3.8, 4) is 0 Å². The second-order valence-electron chi connectivity index (χ2n) is 8.51. The molecule has 0 aliphatic rings. The van der Waals surface area contributed by atoms with Crippen LogP contribution < -0.4 is 5.32 Å². The Morgan fingerprint density at radius 1 is 0.821 bits per heavy atom. The zero-order valence-electron chi connectivity index (χ0n) is 18.4. The smallest absolute Gasteiger partial charge is 0.324 e. The van der Waals surface area contributed by atoms with Gasteiger partial charge in [-0.3, -0.25) is 14.4 Å². The SMILES string of the molecule is CC(=O)CC(NCCOCCOCCC(=O)OC(C)(C)C)C(=O)OC(C)(C)C. The van der Waals surface area contributed by atoms with E-state index in [2.05, 4.69) is 5.32 Å². The van der Waals surface area contributed by atoms with Gasteiger partial charge < -0.3 is 24.3 Å². The summed E-state index contributed by atoms with van der Waals surface area (Å²) in [5.41, 5.74) is -1.10. The van der Waals surface area contributed by atoms with Crippen molar-refractivity contribution in [3.05, 3.63) is 0 Å². The van der Waals surface area contributed by atoms with Crippen LogP contribution >= 0.6 is 0 Å². The molecule has 1 unspecified atom stereocenters. The third kappa shape index (κ3) is 16.6. The molecule has 0 bridgehead atoms. The van der Waals surface area contributed by atoms with Crippen LogP contribution in [0, 0.1) is 0 Å². The minimum Gasteiger partial charge on any atom is -0.460 e. The van der Waals surface area contributed by atoms with Crippen molar-refractivity contribution in [2.75, 3.05) is 33.0 Å². The first kappa shape index (κ1) is 26.5. The van der Waals surface area contributed by atoms with Crippen LogP contribution in [0.2, 0.25) is 0 Å². The molecule has 0 aliphatic heterocycles. The molecule has 0 aliphatic carbocycles. The van der Waals surface area contributed by atoms with Crippen LogP contribution in [0.5, 0.6) is 0 Å². The lowest BCUT2D eigenvalue weighted by Gasteiger charge is -2.24. The van der Waals surface area contributed by atoms with Gasteiger partial charge in [-0.2, -0.15) is 0 Å². The van der Waals surface area contributed by atoms with Crippen molar-refractivity contribution < 1.29 is 33.3 Å². The maximum atomic E-state index is 12.1. The number of Topliss-reactive ketones (excluding diaryl/α,β-unsaturated/α-hetero) is 1. The summed E-state index contributed by atoms with van der Waals surface area (Å²) >= 11 is 0. The van der Waals surface area contributed by atoms with Crippen LogP contribution in [0.15, 0.2) is 0 Å². The number of rotatable bonds is 13. The molecule has 0 saturated heterocycles. The number of esters is 2. The summed E-state index contributed by atoms with van der Waals surface area (Å²) in [6, 6.07) is -0.689. The van der Waals surface area contributed by atoms with Crippen molar-refractivity contribution in [2.45, 2.75) is 78.6 Å². The highest BCUT2D eigenvalue weighted by Gasteiger charge is 2.25. The zero-order valence-corrected chi connectivity index (χ0v) is 18.4. The molecule has 0 aromatic carbocycles. The molecule has 0 spiro atoms. The molecule has 0 saturated carbocycles. The average Bonchev–Trinajstić information content (AvgIpc) is 2.48. The molecule has 8 heteroatoms. The Balaban J connectivity index is 3.89. The molecule has 0 aromatic heterocycles. The summed E-state index contributed by atoms with van der Waals surface area (Å²) in [5.74, 6) is -0.841. The van der Waals surface area contributed by atoms with Gasteiger partial charge in [0, 0.05) is 13.0 Å². The third-order valence-corrected chi connectivity index (χ3v) is 3.06. The van der Waals surface area contributed by atoms with E-state index in [-0.39, 0.29) is 31.2 Å². The number of carbonyl (C=O) groups excluding carboxylic acids is 3. The van der Waals surface area contributed by atoms with Gasteiger partial charge in [0.15, 0.2) is 0 Å². The summed E-state index contributed by atoms with van der Waals surface area (Å²) in [5, 5.41) is 2.99. The molecule has 0 heterocycles. The van der Waals surface area contributed by atoms with E-state index in [1.165, 1.54) is 6.92 Å². The normalized spacial score (nSPS) is 13.1. The molecule has 0 amide bonds. The van der Waals surface area contributed by atoms with Crippen molar-refractivity contribution in [2.24, 2.45) is 0 Å². The largest absolute Gasteiger partial charge is 0.460 e. The highest BCUT2D eigenvalue weighted by atomic mass is 16.6. The van der Waals surface area contributed by atoms with E-state index < -0.39 is 23.2 Å². The monoisotopic (exact) mass is 403 g/mol. The zero-order chi connectivity index (χ0) is 21.8. The molecule has 1 N–H and O–H groups in total. The lowest BCUT2D eigenvalue weighted by molar-refractivity contribution is -0.158. The van der Waals surface area contributed by atoms with E-state index >= 15 is 0 Å². The highest BCUT2D eigenvalue weighted by molar-refractivity contribution is 5.85. The molecule has 8 nitrogen and oxygen atoms in total. The number of nitrogens with one attached hydrogen (secondary N) is 1. The van der Waals surface area contributed by atoms with E-state index in [1.54, 1.807) is 20.8 Å². The first-order chi connectivity index (χ1) is 12.8. The van der Waals surface area contributed by atoms with Crippen LogP contribution in [0.3, 0.4) is 0 Å². The van der Waals surface area contributed by atoms with E-state index in [0.717, 1.165) is 0 Å². The Kier molecular flexibility index (Phi) is 12.2. The van der Waals surface area contributed by atoms with Gasteiger partial charge in [0.1, 0.15) is 23.0 Å². The van der Waals surface area contributed by atoms with Gasteiger partial charge in [-0.05, 0) is 48.5 Å². The molecular weight excluding hydrogens is 366 g/mol. The van der Waals surface area contributed by atoms with Crippen LogP contribution in [-0.4, -0.2) is 67.9 Å². The quantitative estimate of drug-likeness (QED) is 0.368. The van der Waals surface area contributed by atoms with Crippen LogP contribution in [0.1, 0.15) is 61.3 Å². The molecule has 1 atom stereocenters. The Morgan fingerprint density at radius 3 is 1.86 bits per heavy atom. The summed E-state index contributed by atoms with van der Waals surface area (Å²) < 4.78 is 21.2. The maximum Gasteiger partial charge on any atom is 0.324 e. The van der Waals surface area contributed by atoms with Gasteiger partial charge in [0.25, 0.3) is 0 Å². The lowest BCUT2D eigenvalue weighted by atomic mass is 10.1. The van der Waals surface area contributed by atoms with Crippen molar-refractivity contribution >= 4 is 17.7 Å². The van der Waals surface area contributed by atoms with Gasteiger partial charge >= 0.3 is 11.9 Å². The van der Waals surface area contributed by atoms with Crippen LogP contribution in [-0.2, 0) is 33.3 Å². The Hall–Kier alpha value is -1.51. The molecule has 0 rings (SSSR count). The van der Waals surface area contributed by atoms with E-state index in [0.29, 0.717) is 26.4 Å². The van der Waals surface area contributed by atoms with Crippen molar-refractivity contribution in [1.82, 2.24) is 5.32 Å². The fourth-order valence-corrected chi connectivity index (χ4v) is 2.07. The summed E-state index contributed by atoms with van der Waals surface area (Å²) in [6.07, 6.45) is 0.268. The molecule has 0 fully saturated rings. The topological polar surface area (TPSA) is 100 Å². The van der Waals surface area contributed by atoms with E-state index in [9.17, 15) is 14.4 Å².